The van der Waals surface area contributed by atoms with Crippen LogP contribution in [0.5, 0.6) is 0 Å². The summed E-state index contributed by atoms with van der Waals surface area (Å²) in [6, 6.07) is 11.0. The lowest BCUT2D eigenvalue weighted by molar-refractivity contribution is 0.0868. The Morgan fingerprint density at radius 1 is 1.05 bits per heavy atom. The fourth-order valence-corrected chi connectivity index (χ4v) is 8.30. The van der Waals surface area contributed by atoms with E-state index < -0.39 is 10.6 Å². The zero-order chi connectivity index (χ0) is 25.8. The van der Waals surface area contributed by atoms with Crippen LogP contribution in [0.2, 0.25) is 0 Å². The molecule has 2 aliphatic carbocycles. The van der Waals surface area contributed by atoms with Crippen molar-refractivity contribution in [2.45, 2.75) is 68.5 Å². The van der Waals surface area contributed by atoms with E-state index in [2.05, 4.69) is 39.5 Å². The van der Waals surface area contributed by atoms with Crippen LogP contribution in [0.3, 0.4) is 0 Å². The molecule has 4 aliphatic rings. The maximum Gasteiger partial charge on any atom is 0.255 e. The summed E-state index contributed by atoms with van der Waals surface area (Å²) in [4.78, 5) is 19.8. The number of hydrogen-bond acceptors (Lipinski definition) is 7. The third-order valence-electron chi connectivity index (χ3n) is 9.23. The monoisotopic (exact) mass is 526 g/mol. The Morgan fingerprint density at radius 2 is 1.76 bits per heavy atom. The number of nitrogens with zero attached hydrogens (tertiary/aromatic N) is 2. The molecule has 37 heavy (non-hydrogen) atoms. The standard InChI is InChI=1S/C28H38N4O4S/c29-26-25(27(34)31-22-5-7-24(33)8-6-22)13-19(15-30-26)18-1-3-20(4-2-18)28-14-21(28)16-32(17-28)23-9-11-37(35,36)12-10-23/h1-4,13,15,21-24,33,35-36H,5-12,14,16-17H2,(H2,29,30)(H,31,34)/t21-,22?,24?,28+/m1/s1. The molecule has 2 saturated carbocycles. The van der Waals surface area contributed by atoms with Gasteiger partial charge in [0.15, 0.2) is 0 Å². The number of fused-ring (bicyclic) bond motifs is 1. The van der Waals surface area contributed by atoms with E-state index in [1.807, 2.05) is 6.07 Å². The molecule has 0 bridgehead atoms. The Balaban J connectivity index is 1.13. The fraction of sp³-hybridized carbons (Fsp3) is 0.571. The smallest absolute Gasteiger partial charge is 0.255 e. The summed E-state index contributed by atoms with van der Waals surface area (Å²) >= 11 is 0. The van der Waals surface area contributed by atoms with Gasteiger partial charge in [0.05, 0.1) is 11.7 Å². The predicted molar refractivity (Wildman–Crippen MR) is 147 cm³/mol. The molecular weight excluding hydrogens is 488 g/mol. The number of likely N-dealkylation sites (tertiary alicyclic amines) is 1. The van der Waals surface area contributed by atoms with Crippen LogP contribution in [0.1, 0.15) is 60.9 Å². The van der Waals surface area contributed by atoms with Crippen molar-refractivity contribution in [1.29, 1.82) is 0 Å². The number of carbonyl (C=O) groups excluding carboxylic acids is 1. The molecule has 0 radical (unpaired) electrons. The number of rotatable bonds is 5. The number of aromatic nitrogens is 1. The number of pyridine rings is 1. The number of benzene rings is 1. The van der Waals surface area contributed by atoms with Gasteiger partial charge < -0.3 is 16.2 Å². The molecule has 2 atom stereocenters. The number of hydrogen-bond donors (Lipinski definition) is 5. The highest BCUT2D eigenvalue weighted by atomic mass is 32.3. The molecule has 0 unspecified atom stereocenters. The van der Waals surface area contributed by atoms with Gasteiger partial charge in [-0.05, 0) is 68.1 Å². The number of anilines is 1. The van der Waals surface area contributed by atoms with Crippen molar-refractivity contribution in [2.75, 3.05) is 30.3 Å². The van der Waals surface area contributed by atoms with Gasteiger partial charge in [0.2, 0.25) is 0 Å². The van der Waals surface area contributed by atoms with Crippen molar-refractivity contribution < 1.29 is 19.0 Å². The van der Waals surface area contributed by atoms with Crippen molar-refractivity contribution in [3.63, 3.8) is 0 Å². The van der Waals surface area contributed by atoms with E-state index in [9.17, 15) is 19.0 Å². The van der Waals surface area contributed by atoms with E-state index in [0.717, 1.165) is 49.9 Å². The predicted octanol–water partition coefficient (Wildman–Crippen LogP) is 3.85. The average Bonchev–Trinajstić information content (AvgIpc) is 3.46. The summed E-state index contributed by atoms with van der Waals surface area (Å²) < 4.78 is 19.9. The molecule has 2 aromatic rings. The van der Waals surface area contributed by atoms with Crippen LogP contribution in [-0.4, -0.2) is 72.8 Å². The Bertz CT molecular complexity index is 1160. The van der Waals surface area contributed by atoms with E-state index in [-0.39, 0.29) is 29.3 Å². The van der Waals surface area contributed by atoms with Gasteiger partial charge in [-0.3, -0.25) is 18.8 Å². The molecule has 8 nitrogen and oxygen atoms in total. The van der Waals surface area contributed by atoms with Crippen molar-refractivity contribution in [2.24, 2.45) is 5.92 Å². The quantitative estimate of drug-likeness (QED) is 0.400. The zero-order valence-electron chi connectivity index (χ0n) is 21.2. The van der Waals surface area contributed by atoms with Gasteiger partial charge in [0, 0.05) is 53.9 Å². The lowest BCUT2D eigenvalue weighted by atomic mass is 9.92. The Hall–Kier alpha value is -2.17. The summed E-state index contributed by atoms with van der Waals surface area (Å²) in [5.41, 5.74) is 9.92. The maximum atomic E-state index is 12.9. The fourth-order valence-electron chi connectivity index (χ4n) is 6.80. The minimum Gasteiger partial charge on any atom is -0.393 e. The molecule has 9 heteroatoms. The largest absolute Gasteiger partial charge is 0.393 e. The van der Waals surface area contributed by atoms with Gasteiger partial charge >= 0.3 is 0 Å². The molecule has 2 aliphatic heterocycles. The number of aliphatic hydroxyl groups is 1. The van der Waals surface area contributed by atoms with Gasteiger partial charge in [0.1, 0.15) is 5.82 Å². The van der Waals surface area contributed by atoms with E-state index in [1.165, 1.54) is 12.0 Å². The number of aliphatic hydroxyl groups excluding tert-OH is 1. The highest BCUT2D eigenvalue weighted by Gasteiger charge is 2.61. The summed E-state index contributed by atoms with van der Waals surface area (Å²) in [7, 11) is -2.34. The molecule has 0 spiro atoms. The number of piperidine rings is 1. The first-order chi connectivity index (χ1) is 17.7. The first-order valence-electron chi connectivity index (χ1n) is 13.6. The van der Waals surface area contributed by atoms with Gasteiger partial charge in [-0.1, -0.05) is 24.3 Å². The molecule has 4 fully saturated rings. The number of nitrogens with two attached hydrogens (primary N) is 1. The minimum absolute atomic E-state index is 0.0552. The third kappa shape index (κ3) is 5.00. The summed E-state index contributed by atoms with van der Waals surface area (Å²) in [5, 5.41) is 12.8. The van der Waals surface area contributed by atoms with Crippen LogP contribution in [0.4, 0.5) is 5.82 Å². The van der Waals surface area contributed by atoms with Crippen LogP contribution in [0.25, 0.3) is 11.1 Å². The summed E-state index contributed by atoms with van der Waals surface area (Å²) in [6.07, 6.45) is 7.40. The Labute approximate surface area is 220 Å². The van der Waals surface area contributed by atoms with Crippen molar-refractivity contribution >= 4 is 22.3 Å². The van der Waals surface area contributed by atoms with Crippen molar-refractivity contribution in [3.8, 4) is 11.1 Å². The Morgan fingerprint density at radius 3 is 2.46 bits per heavy atom. The first-order valence-corrected chi connectivity index (χ1v) is 15.4. The van der Waals surface area contributed by atoms with Crippen LogP contribution < -0.4 is 11.1 Å². The van der Waals surface area contributed by atoms with Gasteiger partial charge in [-0.2, -0.15) is 10.6 Å². The van der Waals surface area contributed by atoms with Gasteiger partial charge in [0.25, 0.3) is 5.91 Å². The van der Waals surface area contributed by atoms with Crippen LogP contribution in [0.15, 0.2) is 36.5 Å². The number of carbonyl (C=O) groups is 1. The second kappa shape index (κ2) is 9.54. The van der Waals surface area contributed by atoms with E-state index in [0.29, 0.717) is 41.9 Å². The topological polar surface area (TPSA) is 132 Å². The molecule has 1 amide bonds. The van der Waals surface area contributed by atoms with Crippen molar-refractivity contribution in [3.05, 3.63) is 47.7 Å². The maximum absolute atomic E-state index is 12.9. The molecule has 1 aromatic heterocycles. The number of nitrogens with one attached hydrogen (secondary N) is 1. The van der Waals surface area contributed by atoms with Crippen LogP contribution >= 0.6 is 10.6 Å². The third-order valence-corrected chi connectivity index (χ3v) is 11.0. The molecule has 2 saturated heterocycles. The van der Waals surface area contributed by atoms with E-state index >= 15 is 0 Å². The summed E-state index contributed by atoms with van der Waals surface area (Å²) in [5.74, 6) is 1.78. The average molecular weight is 527 g/mol. The molecule has 200 valence electrons. The lowest BCUT2D eigenvalue weighted by Gasteiger charge is -2.42. The molecule has 3 heterocycles. The highest BCUT2D eigenvalue weighted by molar-refractivity contribution is 8.24. The minimum atomic E-state index is -2.34. The second-order valence-electron chi connectivity index (χ2n) is 11.6. The SMILES string of the molecule is Nc1ncc(-c2ccc([C@@]34C[C@@H]3CN(C3CCS(O)(O)CC3)C4)cc2)cc1C(=O)NC1CCC(O)CC1. The summed E-state index contributed by atoms with van der Waals surface area (Å²) in [6.45, 7) is 2.15. The van der Waals surface area contributed by atoms with Gasteiger partial charge in [-0.15, -0.1) is 0 Å². The second-order valence-corrected chi connectivity index (χ2v) is 14.1. The zero-order valence-corrected chi connectivity index (χ0v) is 22.0. The van der Waals surface area contributed by atoms with Gasteiger partial charge in [-0.25, -0.2) is 4.98 Å². The normalized spacial score (nSPS) is 32.5. The van der Waals surface area contributed by atoms with Crippen molar-refractivity contribution in [1.82, 2.24) is 15.2 Å². The van der Waals surface area contributed by atoms with Crippen LogP contribution in [0, 0.1) is 5.92 Å². The first kappa shape index (κ1) is 25.1. The van der Waals surface area contributed by atoms with E-state index in [1.54, 1.807) is 6.20 Å². The Kier molecular flexibility index (Phi) is 6.48. The molecule has 1 aromatic carbocycles. The number of amides is 1. The van der Waals surface area contributed by atoms with E-state index in [4.69, 9.17) is 5.73 Å². The molecule has 6 rings (SSSR count). The highest BCUT2D eigenvalue weighted by Crippen LogP contribution is 2.60. The lowest BCUT2D eigenvalue weighted by Crippen LogP contribution is -2.41. The number of nitrogen functional groups attached to an aromatic ring is 1. The molecule has 6 N–H and O–H groups in total. The van der Waals surface area contributed by atoms with Crippen LogP contribution in [-0.2, 0) is 5.41 Å². The molecular formula is C28H38N4O4S.